The van der Waals surface area contributed by atoms with Crippen LogP contribution in [0.2, 0.25) is 0 Å². The van der Waals surface area contributed by atoms with Crippen LogP contribution in [-0.2, 0) is 4.79 Å². The van der Waals surface area contributed by atoms with E-state index in [0.29, 0.717) is 6.54 Å². The minimum Gasteiger partial charge on any atom is -0.466 e. The van der Waals surface area contributed by atoms with Crippen LogP contribution < -0.4 is 5.32 Å². The molecule has 1 N–H and O–H groups in total. The molecule has 0 atom stereocenters. The number of hydrogen-bond acceptors (Lipinski definition) is 2. The number of carbonyl (C=O) groups excluding carboxylic acids is 1. The fourth-order valence-corrected chi connectivity index (χ4v) is 0.902. The zero-order valence-corrected chi connectivity index (χ0v) is 7.08. The molecule has 12 heavy (non-hydrogen) atoms. The first kappa shape index (κ1) is 8.64. The summed E-state index contributed by atoms with van der Waals surface area (Å²) in [7, 11) is 0. The van der Waals surface area contributed by atoms with E-state index in [-0.39, 0.29) is 5.91 Å². The highest BCUT2D eigenvalue weighted by Crippen LogP contribution is 2.04. The Bertz CT molecular complexity index is 232. The van der Waals surface area contributed by atoms with Gasteiger partial charge in [0.05, 0.1) is 0 Å². The van der Waals surface area contributed by atoms with Crippen molar-refractivity contribution >= 4 is 18.3 Å². The molecule has 0 unspecified atom stereocenters. The standard InChI is InChI=1S/C8H12N3O/c1-7(12)9-4-3-8-5-11(2)6-10-8/h5-6H,2-4H2,1H3,(H,9,12)/q-1. The third kappa shape index (κ3) is 2.65. The molecule has 0 spiro atoms. The van der Waals surface area contributed by atoms with Crippen LogP contribution in [0.3, 0.4) is 0 Å². The van der Waals surface area contributed by atoms with Gasteiger partial charge in [-0.15, -0.1) is 13.3 Å². The number of hydrogen-bond donors (Lipinski definition) is 1. The van der Waals surface area contributed by atoms with E-state index in [2.05, 4.69) is 17.0 Å². The second-order valence-electron chi connectivity index (χ2n) is 2.61. The molecule has 4 heteroatoms. The minimum atomic E-state index is -0.0101. The second-order valence-corrected chi connectivity index (χ2v) is 2.61. The zero-order valence-electron chi connectivity index (χ0n) is 7.08. The SMILES string of the molecule is C=[N+]1[CH-]N=C(CCNC(C)=O)[CH-]1. The summed E-state index contributed by atoms with van der Waals surface area (Å²) in [6, 6.07) is 0. The van der Waals surface area contributed by atoms with Gasteiger partial charge < -0.3 is 9.89 Å². The molecular weight excluding hydrogens is 154 g/mol. The Labute approximate surface area is 72.0 Å². The van der Waals surface area contributed by atoms with Crippen LogP contribution in [0.4, 0.5) is 0 Å². The normalized spacial score (nSPS) is 14.8. The molecular formula is C8H12N3O-. The zero-order chi connectivity index (χ0) is 8.97. The summed E-state index contributed by atoms with van der Waals surface area (Å²) in [5.74, 6) is -0.0101. The van der Waals surface area contributed by atoms with E-state index in [4.69, 9.17) is 0 Å². The lowest BCUT2D eigenvalue weighted by atomic mass is 10.3. The molecule has 0 fully saturated rings. The molecule has 0 aromatic carbocycles. The first-order valence-electron chi connectivity index (χ1n) is 3.76. The molecule has 0 radical (unpaired) electrons. The third-order valence-electron chi connectivity index (χ3n) is 1.44. The van der Waals surface area contributed by atoms with Crippen LogP contribution in [0.1, 0.15) is 13.3 Å². The summed E-state index contributed by atoms with van der Waals surface area (Å²) in [4.78, 5) is 14.6. The molecule has 1 rings (SSSR count). The van der Waals surface area contributed by atoms with Gasteiger partial charge in [0.15, 0.2) is 0 Å². The van der Waals surface area contributed by atoms with Gasteiger partial charge in [0.2, 0.25) is 5.91 Å². The molecule has 0 aromatic heterocycles. The van der Waals surface area contributed by atoms with E-state index in [9.17, 15) is 4.79 Å². The van der Waals surface area contributed by atoms with Gasteiger partial charge in [0, 0.05) is 13.5 Å². The predicted molar refractivity (Wildman–Crippen MR) is 46.7 cm³/mol. The van der Waals surface area contributed by atoms with Crippen molar-refractivity contribution in [3.8, 4) is 0 Å². The summed E-state index contributed by atoms with van der Waals surface area (Å²) in [5.41, 5.74) is 0.943. The molecule has 66 valence electrons. The number of aliphatic imine (C=N–C) groups is 1. The molecule has 0 bridgehead atoms. The van der Waals surface area contributed by atoms with Crippen molar-refractivity contribution in [1.29, 1.82) is 0 Å². The van der Waals surface area contributed by atoms with E-state index in [0.717, 1.165) is 12.1 Å². The Morgan fingerprint density at radius 2 is 2.58 bits per heavy atom. The highest BCUT2D eigenvalue weighted by molar-refractivity contribution is 5.92. The molecule has 1 amide bonds. The number of nitrogens with zero attached hydrogens (tertiary/aromatic N) is 2. The van der Waals surface area contributed by atoms with Gasteiger partial charge in [-0.25, -0.2) is 0 Å². The quantitative estimate of drug-likeness (QED) is 0.464. The number of rotatable bonds is 3. The summed E-state index contributed by atoms with van der Waals surface area (Å²) in [5, 5.41) is 2.69. The van der Waals surface area contributed by atoms with Crippen molar-refractivity contribution in [2.24, 2.45) is 4.99 Å². The maximum Gasteiger partial charge on any atom is 0.216 e. The lowest BCUT2D eigenvalue weighted by molar-refractivity contribution is -0.416. The highest BCUT2D eigenvalue weighted by Gasteiger charge is 2.00. The fraction of sp³-hybridized carbons (Fsp3) is 0.375. The highest BCUT2D eigenvalue weighted by atomic mass is 16.1. The monoisotopic (exact) mass is 166 g/mol. The number of amides is 1. The summed E-state index contributed by atoms with van der Waals surface area (Å²) in [6.45, 7) is 9.26. The molecule has 0 saturated carbocycles. The van der Waals surface area contributed by atoms with E-state index in [1.807, 2.05) is 6.54 Å². The molecule has 0 saturated heterocycles. The van der Waals surface area contributed by atoms with Gasteiger partial charge in [0.25, 0.3) is 0 Å². The largest absolute Gasteiger partial charge is 0.466 e. The van der Waals surface area contributed by atoms with Crippen LogP contribution in [0.15, 0.2) is 4.99 Å². The van der Waals surface area contributed by atoms with Crippen molar-refractivity contribution in [3.05, 3.63) is 13.2 Å². The number of nitrogens with one attached hydrogen (secondary N) is 1. The van der Waals surface area contributed by atoms with Crippen molar-refractivity contribution < 1.29 is 9.37 Å². The predicted octanol–water partition coefficient (Wildman–Crippen LogP) is -0.0386. The average Bonchev–Trinajstić information content (AvgIpc) is 2.35. The molecule has 1 aliphatic rings. The smallest absolute Gasteiger partial charge is 0.216 e. The topological polar surface area (TPSA) is 44.5 Å². The van der Waals surface area contributed by atoms with E-state index >= 15 is 0 Å². The van der Waals surface area contributed by atoms with E-state index in [1.165, 1.54) is 6.92 Å². The Balaban J connectivity index is 2.16. The molecule has 0 aromatic rings. The minimum absolute atomic E-state index is 0.0101. The first-order chi connectivity index (χ1) is 5.68. The average molecular weight is 166 g/mol. The second kappa shape index (κ2) is 3.80. The Kier molecular flexibility index (Phi) is 2.74. The summed E-state index contributed by atoms with van der Waals surface area (Å²) < 4.78 is 1.64. The van der Waals surface area contributed by atoms with Crippen LogP contribution in [0, 0.1) is 13.2 Å². The van der Waals surface area contributed by atoms with Crippen molar-refractivity contribution in [2.75, 3.05) is 6.54 Å². The molecule has 4 nitrogen and oxygen atoms in total. The van der Waals surface area contributed by atoms with Gasteiger partial charge in [-0.3, -0.25) is 9.79 Å². The van der Waals surface area contributed by atoms with Gasteiger partial charge in [-0.1, -0.05) is 6.42 Å². The molecule has 0 aliphatic carbocycles. The van der Waals surface area contributed by atoms with Crippen molar-refractivity contribution in [2.45, 2.75) is 13.3 Å². The molecule has 1 aliphatic heterocycles. The summed E-state index contributed by atoms with van der Waals surface area (Å²) in [6.07, 6.45) is 0.752. The number of carbonyl (C=O) groups is 1. The van der Waals surface area contributed by atoms with Crippen molar-refractivity contribution in [1.82, 2.24) is 5.32 Å². The van der Waals surface area contributed by atoms with Crippen LogP contribution in [-0.4, -0.2) is 29.5 Å². The fourth-order valence-electron chi connectivity index (χ4n) is 0.902. The maximum atomic E-state index is 10.5. The summed E-state index contributed by atoms with van der Waals surface area (Å²) >= 11 is 0. The molecule has 1 heterocycles. The Morgan fingerprint density at radius 1 is 1.83 bits per heavy atom. The third-order valence-corrected chi connectivity index (χ3v) is 1.44. The maximum absolute atomic E-state index is 10.5. The van der Waals surface area contributed by atoms with Gasteiger partial charge in [-0.2, -0.15) is 0 Å². The lowest BCUT2D eigenvalue weighted by Gasteiger charge is -2.08. The van der Waals surface area contributed by atoms with Gasteiger partial charge in [-0.05, 0) is 5.71 Å². The van der Waals surface area contributed by atoms with E-state index < -0.39 is 0 Å². The Morgan fingerprint density at radius 3 is 3.08 bits per heavy atom. The van der Waals surface area contributed by atoms with Gasteiger partial charge in [0.1, 0.15) is 6.67 Å². The lowest BCUT2D eigenvalue weighted by Crippen LogP contribution is -2.23. The van der Waals surface area contributed by atoms with Crippen LogP contribution in [0.5, 0.6) is 0 Å². The first-order valence-corrected chi connectivity index (χ1v) is 3.76. The Hall–Kier alpha value is -1.45. The van der Waals surface area contributed by atoms with Crippen LogP contribution in [0.25, 0.3) is 0 Å². The van der Waals surface area contributed by atoms with Crippen molar-refractivity contribution in [3.63, 3.8) is 0 Å². The van der Waals surface area contributed by atoms with E-state index in [1.54, 1.807) is 11.2 Å². The van der Waals surface area contributed by atoms with Crippen LogP contribution >= 0.6 is 0 Å². The van der Waals surface area contributed by atoms with Gasteiger partial charge >= 0.3 is 0 Å².